The fourth-order valence-electron chi connectivity index (χ4n) is 3.15. The molecule has 0 fully saturated rings. The van der Waals surface area contributed by atoms with Crippen molar-refractivity contribution in [2.75, 3.05) is 13.2 Å². The van der Waals surface area contributed by atoms with Gasteiger partial charge in [-0.25, -0.2) is 9.59 Å². The second-order valence-corrected chi connectivity index (χ2v) is 6.59. The van der Waals surface area contributed by atoms with Crippen molar-refractivity contribution in [3.05, 3.63) is 83.2 Å². The van der Waals surface area contributed by atoms with Gasteiger partial charge in [0.2, 0.25) is 0 Å². The molecule has 0 saturated carbocycles. The second-order valence-electron chi connectivity index (χ2n) is 6.59. The van der Waals surface area contributed by atoms with E-state index in [1.54, 1.807) is 50.4 Å². The number of benzene rings is 2. The Morgan fingerprint density at radius 3 is 2.33 bits per heavy atom. The molecule has 0 N–H and O–H groups in total. The van der Waals surface area contributed by atoms with E-state index in [4.69, 9.17) is 14.7 Å². The largest absolute Gasteiger partial charge is 0.462 e. The Morgan fingerprint density at radius 2 is 1.67 bits per heavy atom. The first kappa shape index (κ1) is 20.9. The van der Waals surface area contributed by atoms with Crippen molar-refractivity contribution in [2.45, 2.75) is 20.4 Å². The third-order valence-corrected chi connectivity index (χ3v) is 4.50. The van der Waals surface area contributed by atoms with Crippen LogP contribution in [0.15, 0.2) is 60.9 Å². The summed E-state index contributed by atoms with van der Waals surface area (Å²) in [7, 11) is 0. The number of aromatic nitrogens is 1. The minimum Gasteiger partial charge on any atom is -0.462 e. The van der Waals surface area contributed by atoms with Gasteiger partial charge in [0.05, 0.1) is 36.0 Å². The van der Waals surface area contributed by atoms with E-state index >= 15 is 0 Å². The molecule has 1 heterocycles. The number of hydrogen-bond donors (Lipinski definition) is 0. The molecule has 0 unspecified atom stereocenters. The Kier molecular flexibility index (Phi) is 6.66. The van der Waals surface area contributed by atoms with Crippen molar-refractivity contribution in [1.29, 1.82) is 5.26 Å². The van der Waals surface area contributed by atoms with Gasteiger partial charge in [0.1, 0.15) is 0 Å². The van der Waals surface area contributed by atoms with Gasteiger partial charge >= 0.3 is 11.9 Å². The topological polar surface area (TPSA) is 81.3 Å². The summed E-state index contributed by atoms with van der Waals surface area (Å²) in [5.74, 6) is -0.795. The highest BCUT2D eigenvalue weighted by atomic mass is 16.5. The van der Waals surface area contributed by atoms with Crippen LogP contribution < -0.4 is 0 Å². The number of carbonyl (C=O) groups is 2. The normalized spacial score (nSPS) is 10.3. The lowest BCUT2D eigenvalue weighted by Crippen LogP contribution is -2.05. The number of ether oxygens (including phenoxy) is 2. The van der Waals surface area contributed by atoms with Crippen LogP contribution in [-0.4, -0.2) is 29.7 Å². The summed E-state index contributed by atoms with van der Waals surface area (Å²) in [5.41, 5.74) is 3.92. The van der Waals surface area contributed by atoms with Crippen molar-refractivity contribution in [2.24, 2.45) is 0 Å². The third-order valence-electron chi connectivity index (χ3n) is 4.50. The van der Waals surface area contributed by atoms with Crippen molar-refractivity contribution >= 4 is 11.9 Å². The molecule has 6 nitrogen and oxygen atoms in total. The van der Waals surface area contributed by atoms with Gasteiger partial charge < -0.3 is 14.0 Å². The molecule has 2 aromatic carbocycles. The molecule has 1 aromatic heterocycles. The lowest BCUT2D eigenvalue weighted by atomic mass is 10.0. The predicted molar refractivity (Wildman–Crippen MR) is 112 cm³/mol. The van der Waals surface area contributed by atoms with Gasteiger partial charge in [-0.1, -0.05) is 24.3 Å². The van der Waals surface area contributed by atoms with Gasteiger partial charge in [-0.2, -0.15) is 5.26 Å². The smallest absolute Gasteiger partial charge is 0.340 e. The second kappa shape index (κ2) is 9.57. The number of hydrogen-bond acceptors (Lipinski definition) is 5. The molecule has 0 aliphatic heterocycles. The van der Waals surface area contributed by atoms with E-state index < -0.39 is 5.97 Å². The summed E-state index contributed by atoms with van der Waals surface area (Å²) in [6, 6.07) is 16.4. The average molecular weight is 402 g/mol. The molecule has 0 atom stereocenters. The molecule has 152 valence electrons. The fraction of sp³-hybridized carbons (Fsp3) is 0.208. The Morgan fingerprint density at radius 1 is 0.967 bits per heavy atom. The highest BCUT2D eigenvalue weighted by molar-refractivity contribution is 5.98. The lowest BCUT2D eigenvalue weighted by molar-refractivity contribution is 0.0517. The third kappa shape index (κ3) is 4.76. The van der Waals surface area contributed by atoms with Crippen LogP contribution in [0.5, 0.6) is 0 Å². The lowest BCUT2D eigenvalue weighted by Gasteiger charge is -2.06. The summed E-state index contributed by atoms with van der Waals surface area (Å²) in [6.07, 6.45) is 3.61. The molecular formula is C24H22N2O4. The van der Waals surface area contributed by atoms with Crippen LogP contribution in [0, 0.1) is 11.3 Å². The molecule has 0 aliphatic rings. The molecule has 0 amide bonds. The van der Waals surface area contributed by atoms with Crippen LogP contribution in [0.2, 0.25) is 0 Å². The average Bonchev–Trinajstić information content (AvgIpc) is 3.18. The quantitative estimate of drug-likeness (QED) is 0.546. The minimum absolute atomic E-state index is 0.273. The van der Waals surface area contributed by atoms with E-state index in [0.29, 0.717) is 35.4 Å². The Hall–Kier alpha value is -3.85. The number of esters is 2. The molecular weight excluding hydrogens is 380 g/mol. The molecule has 0 radical (unpaired) electrons. The van der Waals surface area contributed by atoms with Crippen molar-refractivity contribution in [3.8, 4) is 17.2 Å². The maximum absolute atomic E-state index is 12.5. The molecule has 3 aromatic rings. The van der Waals surface area contributed by atoms with Crippen molar-refractivity contribution < 1.29 is 19.1 Å². The van der Waals surface area contributed by atoms with E-state index in [1.165, 1.54) is 0 Å². The van der Waals surface area contributed by atoms with Crippen molar-refractivity contribution in [3.63, 3.8) is 0 Å². The Balaban J connectivity index is 1.95. The van der Waals surface area contributed by atoms with E-state index in [0.717, 1.165) is 11.1 Å². The fourth-order valence-corrected chi connectivity index (χ4v) is 3.15. The standard InChI is InChI=1S/C24H22N2O4/c1-3-29-23(27)20-10-8-19(9-11-20)21-15-26(16-22(21)24(28)30-4-2)14-18-7-5-6-17(12-18)13-25/h5-12,15-16H,3-4,14H2,1-2H3. The summed E-state index contributed by atoms with van der Waals surface area (Å²) < 4.78 is 12.1. The summed E-state index contributed by atoms with van der Waals surface area (Å²) in [6.45, 7) is 4.60. The maximum atomic E-state index is 12.5. The van der Waals surface area contributed by atoms with E-state index in [9.17, 15) is 9.59 Å². The van der Waals surface area contributed by atoms with Crippen LogP contribution in [0.4, 0.5) is 0 Å². The summed E-state index contributed by atoms with van der Waals surface area (Å²) in [4.78, 5) is 24.4. The van der Waals surface area contributed by atoms with E-state index in [-0.39, 0.29) is 12.6 Å². The Labute approximate surface area is 175 Å². The van der Waals surface area contributed by atoms with Crippen LogP contribution >= 0.6 is 0 Å². The van der Waals surface area contributed by atoms with Gasteiger partial charge in [0.15, 0.2) is 0 Å². The maximum Gasteiger partial charge on any atom is 0.340 e. The zero-order valence-corrected chi connectivity index (χ0v) is 16.9. The molecule has 6 heteroatoms. The highest BCUT2D eigenvalue weighted by Crippen LogP contribution is 2.27. The van der Waals surface area contributed by atoms with E-state index in [1.807, 2.05) is 29.0 Å². The van der Waals surface area contributed by atoms with E-state index in [2.05, 4.69) is 6.07 Å². The van der Waals surface area contributed by atoms with Gasteiger partial charge in [-0.15, -0.1) is 0 Å². The van der Waals surface area contributed by atoms with Crippen LogP contribution in [0.25, 0.3) is 11.1 Å². The van der Waals surface area contributed by atoms with Crippen LogP contribution in [-0.2, 0) is 16.0 Å². The minimum atomic E-state index is -0.411. The number of nitriles is 1. The summed E-state index contributed by atoms with van der Waals surface area (Å²) >= 11 is 0. The summed E-state index contributed by atoms with van der Waals surface area (Å²) in [5, 5.41) is 9.10. The molecule has 0 aliphatic carbocycles. The first-order valence-corrected chi connectivity index (χ1v) is 9.69. The first-order chi connectivity index (χ1) is 14.5. The van der Waals surface area contributed by atoms with Crippen molar-refractivity contribution in [1.82, 2.24) is 4.57 Å². The molecule has 3 rings (SSSR count). The SMILES string of the molecule is CCOC(=O)c1ccc(-c2cn(Cc3cccc(C#N)c3)cc2C(=O)OCC)cc1. The Bertz CT molecular complexity index is 1090. The van der Waals surface area contributed by atoms with Gasteiger partial charge in [-0.3, -0.25) is 0 Å². The molecule has 0 bridgehead atoms. The predicted octanol–water partition coefficient (Wildman–Crippen LogP) is 4.43. The van der Waals surface area contributed by atoms with Gasteiger partial charge in [-0.05, 0) is 49.2 Å². The monoisotopic (exact) mass is 402 g/mol. The highest BCUT2D eigenvalue weighted by Gasteiger charge is 2.18. The molecule has 0 spiro atoms. The van der Waals surface area contributed by atoms with Crippen LogP contribution in [0.1, 0.15) is 45.7 Å². The first-order valence-electron chi connectivity index (χ1n) is 9.69. The number of carbonyl (C=O) groups excluding carboxylic acids is 2. The number of rotatable bonds is 7. The zero-order valence-electron chi connectivity index (χ0n) is 16.9. The molecule has 30 heavy (non-hydrogen) atoms. The molecule has 0 saturated heterocycles. The number of nitrogens with zero attached hydrogens (tertiary/aromatic N) is 2. The zero-order chi connectivity index (χ0) is 21.5. The van der Waals surface area contributed by atoms with Gasteiger partial charge in [0.25, 0.3) is 0 Å². The van der Waals surface area contributed by atoms with Crippen LogP contribution in [0.3, 0.4) is 0 Å². The van der Waals surface area contributed by atoms with Gasteiger partial charge in [0, 0.05) is 24.5 Å².